The van der Waals surface area contributed by atoms with Crippen molar-refractivity contribution in [2.75, 3.05) is 26.6 Å². The molecule has 0 aliphatic rings. The van der Waals surface area contributed by atoms with E-state index in [2.05, 4.69) is 16.0 Å². The average Bonchev–Trinajstić information content (AvgIpc) is 3.05. The molecule has 0 saturated carbocycles. The fraction of sp³-hybridized carbons (Fsp3) is 0.429. The van der Waals surface area contributed by atoms with Crippen molar-refractivity contribution < 1.29 is 33.8 Å². The second kappa shape index (κ2) is 18.1. The molecule has 0 bridgehead atoms. The van der Waals surface area contributed by atoms with Gasteiger partial charge in [0.2, 0.25) is 17.6 Å². The highest BCUT2D eigenvalue weighted by Crippen LogP contribution is 2.38. The number of carbonyl (C=O) groups excluding carboxylic acids is 2. The van der Waals surface area contributed by atoms with Gasteiger partial charge in [-0.15, -0.1) is 0 Å². The summed E-state index contributed by atoms with van der Waals surface area (Å²) in [4.78, 5) is 26.1. The Morgan fingerprint density at radius 2 is 1.41 bits per heavy atom. The third-order valence-electron chi connectivity index (χ3n) is 7.80. The van der Waals surface area contributed by atoms with Crippen LogP contribution >= 0.6 is 0 Å². The van der Waals surface area contributed by atoms with E-state index >= 15 is 0 Å². The second-order valence-corrected chi connectivity index (χ2v) is 11.9. The SMILES string of the molecule is COc1cc(CCC(=O)NC(Nc2cccc(-c3ccccc3)c2)C(C)CCC(=O)NC(CC(C)C)B(O)O)cc(OC)c1OC. The normalized spacial score (nSPS) is 12.9. The summed E-state index contributed by atoms with van der Waals surface area (Å²) in [6, 6.07) is 21.7. The lowest BCUT2D eigenvalue weighted by atomic mass is 9.75. The summed E-state index contributed by atoms with van der Waals surface area (Å²) in [5.41, 5.74) is 3.79. The number of nitrogens with one attached hydrogen (secondary N) is 3. The van der Waals surface area contributed by atoms with Crippen LogP contribution < -0.4 is 30.2 Å². The molecule has 11 heteroatoms. The van der Waals surface area contributed by atoms with Crippen molar-refractivity contribution in [1.29, 1.82) is 0 Å². The van der Waals surface area contributed by atoms with Crippen molar-refractivity contribution in [1.82, 2.24) is 10.6 Å². The molecular formula is C35H48BN3O7. The number of ether oxygens (including phenoxy) is 3. The quantitative estimate of drug-likeness (QED) is 0.0993. The van der Waals surface area contributed by atoms with Gasteiger partial charge in [-0.3, -0.25) is 9.59 Å². The molecular weight excluding hydrogens is 585 g/mol. The number of anilines is 1. The van der Waals surface area contributed by atoms with E-state index in [0.29, 0.717) is 36.5 Å². The molecule has 3 aromatic rings. The molecule has 0 saturated heterocycles. The highest BCUT2D eigenvalue weighted by molar-refractivity contribution is 6.43. The van der Waals surface area contributed by atoms with E-state index in [-0.39, 0.29) is 36.5 Å². The largest absolute Gasteiger partial charge is 0.493 e. The Hall–Kier alpha value is -4.22. The summed E-state index contributed by atoms with van der Waals surface area (Å²) in [6.45, 7) is 5.88. The van der Waals surface area contributed by atoms with E-state index in [1.54, 1.807) is 21.3 Å². The third-order valence-corrected chi connectivity index (χ3v) is 7.80. The molecule has 2 amide bonds. The minimum absolute atomic E-state index is 0.154. The lowest BCUT2D eigenvalue weighted by molar-refractivity contribution is -0.121. The summed E-state index contributed by atoms with van der Waals surface area (Å²) in [5, 5.41) is 28.8. The third kappa shape index (κ3) is 11.0. The van der Waals surface area contributed by atoms with E-state index < -0.39 is 19.2 Å². The molecule has 0 heterocycles. The topological polar surface area (TPSA) is 138 Å². The van der Waals surface area contributed by atoms with Gasteiger partial charge >= 0.3 is 7.12 Å². The maximum Gasteiger partial charge on any atom is 0.475 e. The van der Waals surface area contributed by atoms with Crippen LogP contribution in [0.25, 0.3) is 11.1 Å². The van der Waals surface area contributed by atoms with Gasteiger partial charge in [-0.2, -0.15) is 0 Å². The van der Waals surface area contributed by atoms with Crippen molar-refractivity contribution in [3.05, 3.63) is 72.3 Å². The molecule has 46 heavy (non-hydrogen) atoms. The minimum Gasteiger partial charge on any atom is -0.493 e. The Balaban J connectivity index is 1.74. The number of carbonyl (C=O) groups is 2. The summed E-state index contributed by atoms with van der Waals surface area (Å²) in [6.07, 6.45) is 1.22. The van der Waals surface area contributed by atoms with Crippen molar-refractivity contribution in [3.8, 4) is 28.4 Å². The Labute approximate surface area is 273 Å². The van der Waals surface area contributed by atoms with Crippen LogP contribution in [0.4, 0.5) is 5.69 Å². The molecule has 3 atom stereocenters. The minimum atomic E-state index is -1.64. The molecule has 10 nitrogen and oxygen atoms in total. The van der Waals surface area contributed by atoms with E-state index in [1.807, 2.05) is 87.5 Å². The zero-order chi connectivity index (χ0) is 33.6. The van der Waals surface area contributed by atoms with Gasteiger partial charge in [0.15, 0.2) is 11.5 Å². The van der Waals surface area contributed by atoms with Crippen molar-refractivity contribution in [2.45, 2.75) is 65.0 Å². The van der Waals surface area contributed by atoms with Crippen LogP contribution in [0.3, 0.4) is 0 Å². The van der Waals surface area contributed by atoms with Gasteiger partial charge in [0, 0.05) is 18.5 Å². The van der Waals surface area contributed by atoms with Crippen LogP contribution in [0.15, 0.2) is 66.7 Å². The van der Waals surface area contributed by atoms with Crippen molar-refractivity contribution in [3.63, 3.8) is 0 Å². The highest BCUT2D eigenvalue weighted by atomic mass is 16.5. The zero-order valence-corrected chi connectivity index (χ0v) is 27.7. The summed E-state index contributed by atoms with van der Waals surface area (Å²) in [7, 11) is 3.00. The van der Waals surface area contributed by atoms with Gasteiger partial charge in [0.1, 0.15) is 6.17 Å². The Kier molecular flexibility index (Phi) is 14.2. The van der Waals surface area contributed by atoms with E-state index in [4.69, 9.17) is 14.2 Å². The van der Waals surface area contributed by atoms with Gasteiger partial charge in [-0.05, 0) is 72.1 Å². The molecule has 0 aliphatic heterocycles. The molecule has 0 spiro atoms. The Morgan fingerprint density at radius 3 is 2.00 bits per heavy atom. The van der Waals surface area contributed by atoms with Crippen LogP contribution in [0.1, 0.15) is 52.0 Å². The number of hydrogen-bond acceptors (Lipinski definition) is 8. The molecule has 248 valence electrons. The second-order valence-electron chi connectivity index (χ2n) is 11.9. The maximum absolute atomic E-state index is 13.3. The van der Waals surface area contributed by atoms with Gasteiger partial charge in [-0.25, -0.2) is 0 Å². The number of methoxy groups -OCH3 is 3. The average molecular weight is 634 g/mol. The first-order valence-electron chi connectivity index (χ1n) is 15.7. The van der Waals surface area contributed by atoms with Gasteiger partial charge < -0.3 is 40.2 Å². The lowest BCUT2D eigenvalue weighted by Gasteiger charge is -2.28. The fourth-order valence-corrected chi connectivity index (χ4v) is 5.27. The van der Waals surface area contributed by atoms with Crippen LogP contribution in [0.5, 0.6) is 17.2 Å². The number of rotatable bonds is 18. The Bertz CT molecular complexity index is 1380. The first kappa shape index (κ1) is 36.3. The molecule has 5 N–H and O–H groups in total. The first-order chi connectivity index (χ1) is 22.0. The standard InChI is InChI=1S/C35H48BN3O7/c1-23(2)19-31(36(42)43)38-32(40)17-15-24(3)35(37-28-14-10-13-27(22-28)26-11-8-7-9-12-26)39-33(41)18-16-25-20-29(44-4)34(46-6)30(21-25)45-5/h7-14,20-24,31,35,37,42-43H,15-19H2,1-6H3,(H,38,40)(H,39,41). The molecule has 3 rings (SSSR count). The predicted molar refractivity (Wildman–Crippen MR) is 182 cm³/mol. The molecule has 3 unspecified atom stereocenters. The van der Waals surface area contributed by atoms with Crippen LogP contribution in [0, 0.1) is 11.8 Å². The molecule has 0 fully saturated rings. The van der Waals surface area contributed by atoms with Crippen LogP contribution in [-0.4, -0.2) is 62.4 Å². The summed E-state index contributed by atoms with van der Waals surface area (Å²) in [5.74, 6) is 0.374. The van der Waals surface area contributed by atoms with E-state index in [9.17, 15) is 19.6 Å². The van der Waals surface area contributed by atoms with Gasteiger partial charge in [0.25, 0.3) is 0 Å². The molecule has 3 aromatic carbocycles. The fourth-order valence-electron chi connectivity index (χ4n) is 5.27. The number of aryl methyl sites for hydroxylation is 1. The number of amides is 2. The molecule has 0 radical (unpaired) electrons. The zero-order valence-electron chi connectivity index (χ0n) is 27.7. The monoisotopic (exact) mass is 633 g/mol. The lowest BCUT2D eigenvalue weighted by Crippen LogP contribution is -2.48. The maximum atomic E-state index is 13.3. The smallest absolute Gasteiger partial charge is 0.475 e. The molecule has 0 aliphatic carbocycles. The summed E-state index contributed by atoms with van der Waals surface area (Å²) < 4.78 is 16.3. The van der Waals surface area contributed by atoms with Crippen LogP contribution in [0.2, 0.25) is 0 Å². The number of benzene rings is 3. The van der Waals surface area contributed by atoms with E-state index in [1.165, 1.54) is 0 Å². The van der Waals surface area contributed by atoms with Crippen molar-refractivity contribution >= 4 is 24.6 Å². The van der Waals surface area contributed by atoms with Gasteiger partial charge in [-0.1, -0.05) is 63.2 Å². The number of hydrogen-bond donors (Lipinski definition) is 5. The predicted octanol–water partition coefficient (Wildman–Crippen LogP) is 4.83. The molecule has 0 aromatic heterocycles. The first-order valence-corrected chi connectivity index (χ1v) is 15.7. The Morgan fingerprint density at radius 1 is 0.783 bits per heavy atom. The van der Waals surface area contributed by atoms with Gasteiger partial charge in [0.05, 0.1) is 27.3 Å². The van der Waals surface area contributed by atoms with Crippen LogP contribution in [-0.2, 0) is 16.0 Å². The van der Waals surface area contributed by atoms with E-state index in [0.717, 1.165) is 22.4 Å². The summed E-state index contributed by atoms with van der Waals surface area (Å²) >= 11 is 0. The highest BCUT2D eigenvalue weighted by Gasteiger charge is 2.27. The van der Waals surface area contributed by atoms with Crippen molar-refractivity contribution in [2.24, 2.45) is 11.8 Å².